The number of nitrogens with two attached hydrogens (primary N) is 2. The molecule has 102 heavy (non-hydrogen) atoms. The zero-order valence-electron chi connectivity index (χ0n) is 59.2. The molecule has 5 heterocycles. The normalized spacial score (nSPS) is 14.7. The maximum atomic E-state index is 14.1. The number of fused-ring (bicyclic) bond motifs is 4. The SMILES string of the molecule is CCC[N+]1=C(C=CC=CC=C2N(CCCCCC(=O)NCCCN3C=C(CCCCOc4cc(C(=O)Nc5cc(OCCN)c6ccccc6n5)cc(C(=O)Nc5cc(OCCN)c6ccccc6n5)c4)NN3)c3ccc(C)cc3C2(C)C)C(C)(C)c2cc(S(=O)(=O)O)ccc21.O=S(=O)=O.[2H]P=S. The molecule has 0 aliphatic carbocycles. The average molecular weight is 1470 g/mol. The quantitative estimate of drug-likeness (QED) is 0.00638. The van der Waals surface area contributed by atoms with E-state index in [4.69, 9.17) is 39.6 Å². The lowest BCUT2D eigenvalue weighted by Crippen LogP contribution is -2.38. The topological polar surface area (TPSA) is 332 Å². The number of aryl methyl sites for hydroxylation is 1. The molecule has 0 unspecified atom stereocenters. The Morgan fingerprint density at radius 2 is 1.37 bits per heavy atom. The second kappa shape index (κ2) is 37.0. The van der Waals surface area contributed by atoms with Crippen molar-refractivity contribution in [2.24, 2.45) is 11.5 Å². The lowest BCUT2D eigenvalue weighted by atomic mass is 9.81. The van der Waals surface area contributed by atoms with Gasteiger partial charge < -0.3 is 52.0 Å². The van der Waals surface area contributed by atoms with Crippen molar-refractivity contribution < 1.29 is 58.8 Å². The van der Waals surface area contributed by atoms with Gasteiger partial charge in [-0.3, -0.25) is 23.9 Å². The number of carbonyl (C=O) groups excluding carboxylic acids is 3. The van der Waals surface area contributed by atoms with Crippen LogP contribution < -0.4 is 57.5 Å². The number of allylic oxidation sites excluding steroid dienone is 7. The standard InChI is InChI=1S/C74H88N12O9S.O3S.HPS/c1-7-36-85-63-32-30-55(96(90,91)92)46-59(63)74(5,6)66(85)26-10-8-11-27-67-73(3,4)58-42-50(2)29-31-62(58)86(67)38-18-9-12-28-70(87)77-35-20-37-84-49-53(82-83-84)21-17-19-39-93-54-44-51(71(88)80-68-47-64(94-40-33-75)56-22-13-15-24-60(56)78-68)43-52(45-54)72(89)81-69-48-65(95-41-34-76)57-23-14-16-25-61(57)79-69;1-4(2)3;1-2/h8,10-11,13-16,22-27,29-32,42-49,82-83H,7,9,12,17-21,28,33-41,75-76H2,1-6H3,(H3-,77,78,79,80,81,87,88,89,90,91,92);;1H/p+1/i;;1D. The first-order chi connectivity index (χ1) is 49.4. The predicted octanol–water partition coefficient (Wildman–Crippen LogP) is 11.2. The van der Waals surface area contributed by atoms with Gasteiger partial charge in [-0.05, 0) is 140 Å². The third-order valence-corrected chi connectivity index (χ3v) is 18.2. The molecular formula is C74H90N12O12PS3+. The minimum Gasteiger partial charge on any atom is -0.494 e. The summed E-state index contributed by atoms with van der Waals surface area (Å²) >= 11 is 4.03. The van der Waals surface area contributed by atoms with Gasteiger partial charge in [0.25, 0.3) is 21.9 Å². The molecule has 7 aromatic rings. The Morgan fingerprint density at radius 1 is 0.745 bits per heavy atom. The third-order valence-electron chi connectivity index (χ3n) is 17.4. The number of nitrogens with zero attached hydrogens (tertiary/aromatic N) is 5. The number of nitrogens with one attached hydrogen (secondary N) is 5. The van der Waals surface area contributed by atoms with Gasteiger partial charge in [-0.25, -0.2) is 9.97 Å². The van der Waals surface area contributed by atoms with Gasteiger partial charge in [-0.15, -0.1) is 18.2 Å². The van der Waals surface area contributed by atoms with Gasteiger partial charge in [0.05, 0.1) is 28.0 Å². The van der Waals surface area contributed by atoms with E-state index in [1.54, 1.807) is 36.4 Å². The summed E-state index contributed by atoms with van der Waals surface area (Å²) in [6, 6.07) is 34.4. The van der Waals surface area contributed by atoms with Crippen molar-refractivity contribution in [1.29, 1.82) is 1.28 Å². The van der Waals surface area contributed by atoms with Gasteiger partial charge in [0.1, 0.15) is 49.9 Å². The van der Waals surface area contributed by atoms with Gasteiger partial charge in [0, 0.05) is 126 Å². The van der Waals surface area contributed by atoms with E-state index in [1.807, 2.05) is 71.9 Å². The summed E-state index contributed by atoms with van der Waals surface area (Å²) in [4.78, 5) is 52.8. The van der Waals surface area contributed by atoms with Crippen molar-refractivity contribution in [1.82, 2.24) is 31.3 Å². The van der Waals surface area contributed by atoms with Crippen molar-refractivity contribution in [3.05, 3.63) is 191 Å². The number of hydrogen-bond donors (Lipinski definition) is 8. The highest BCUT2D eigenvalue weighted by Crippen LogP contribution is 2.48. The Morgan fingerprint density at radius 3 is 1.98 bits per heavy atom. The van der Waals surface area contributed by atoms with E-state index in [-0.39, 0.29) is 60.2 Å². The van der Waals surface area contributed by atoms with Crippen LogP contribution in [0.25, 0.3) is 21.8 Å². The molecular weight excluding hydrogens is 1380 g/mol. The molecule has 0 bridgehead atoms. The smallest absolute Gasteiger partial charge is 0.425 e. The number of hydrazine groups is 2. The first kappa shape index (κ1) is 76.9. The number of para-hydroxylation sites is 2. The van der Waals surface area contributed by atoms with Gasteiger partial charge >= 0.3 is 10.6 Å². The van der Waals surface area contributed by atoms with Crippen LogP contribution >= 0.6 is 7.96 Å². The summed E-state index contributed by atoms with van der Waals surface area (Å²) in [6.45, 7) is 17.2. The molecule has 0 atom stereocenters. The summed E-state index contributed by atoms with van der Waals surface area (Å²) in [6.07, 6.45) is 19.4. The molecule has 10 N–H and O–H groups in total. The van der Waals surface area contributed by atoms with Crippen LogP contribution in [-0.2, 0) is 48.2 Å². The van der Waals surface area contributed by atoms with Gasteiger partial charge in [0.2, 0.25) is 11.6 Å². The van der Waals surface area contributed by atoms with Crippen LogP contribution in [0, 0.1) is 6.92 Å². The van der Waals surface area contributed by atoms with E-state index >= 15 is 0 Å². The fraction of sp³-hybridized carbons (Fsp3) is 0.351. The predicted molar refractivity (Wildman–Crippen MR) is 404 cm³/mol. The van der Waals surface area contributed by atoms with E-state index in [2.05, 4.69) is 136 Å². The molecule has 24 nitrogen and oxygen atoms in total. The zero-order valence-corrected chi connectivity index (χ0v) is 61.5. The first-order valence-corrected chi connectivity index (χ1v) is 37.7. The monoisotopic (exact) mass is 1470 g/mol. The summed E-state index contributed by atoms with van der Waals surface area (Å²) in [7, 11) is -7.20. The van der Waals surface area contributed by atoms with Crippen molar-refractivity contribution >= 4 is 109 Å². The lowest BCUT2D eigenvalue weighted by Gasteiger charge is -2.27. The molecule has 0 spiro atoms. The highest BCUT2D eigenvalue weighted by Gasteiger charge is 2.45. The fourth-order valence-electron chi connectivity index (χ4n) is 12.5. The average Bonchev–Trinajstić information content (AvgIpc) is 1.60. The van der Waals surface area contributed by atoms with Crippen molar-refractivity contribution in [3.63, 3.8) is 0 Å². The molecule has 3 aliphatic heterocycles. The second-order valence-electron chi connectivity index (χ2n) is 25.5. The number of amides is 3. The number of benzene rings is 5. The van der Waals surface area contributed by atoms with E-state index in [1.165, 1.54) is 34.6 Å². The number of pyridine rings is 2. The minimum absolute atomic E-state index is 0.0457. The van der Waals surface area contributed by atoms with Crippen molar-refractivity contribution in [3.8, 4) is 17.2 Å². The van der Waals surface area contributed by atoms with Crippen molar-refractivity contribution in [2.75, 3.05) is 74.6 Å². The maximum absolute atomic E-state index is 14.1. The van der Waals surface area contributed by atoms with E-state index in [0.717, 1.165) is 91.5 Å². The first-order valence-electron chi connectivity index (χ1n) is 34.2. The van der Waals surface area contributed by atoms with E-state index in [0.29, 0.717) is 73.9 Å². The number of ether oxygens (including phenoxy) is 3. The Labute approximate surface area is 606 Å². The highest BCUT2D eigenvalue weighted by atomic mass is 32.4. The Bertz CT molecular complexity index is 4500. The third kappa shape index (κ3) is 20.7. The fourth-order valence-corrected chi connectivity index (χ4v) is 13.0. The number of anilines is 3. The largest absolute Gasteiger partial charge is 0.494 e. The Balaban J connectivity index is 0.00000184. The Hall–Kier alpha value is -9.31. The summed E-state index contributed by atoms with van der Waals surface area (Å²) in [5.41, 5.74) is 27.6. The number of aromatic nitrogens is 2. The number of carbonyl (C=O) groups is 3. The molecule has 28 heteroatoms. The molecule has 5 aromatic carbocycles. The van der Waals surface area contributed by atoms with Crippen LogP contribution in [0.15, 0.2) is 168 Å². The second-order valence-corrected chi connectivity index (χ2v) is 27.3. The van der Waals surface area contributed by atoms with E-state index in [9.17, 15) is 27.4 Å². The van der Waals surface area contributed by atoms with Crippen LogP contribution in [0.5, 0.6) is 17.2 Å². The summed E-state index contributed by atoms with van der Waals surface area (Å²) < 4.78 is 85.6. The molecule has 3 aliphatic rings. The molecule has 0 fully saturated rings. The summed E-state index contributed by atoms with van der Waals surface area (Å²) in [5, 5.41) is 12.4. The molecule has 0 saturated heterocycles. The molecule has 10 rings (SSSR count). The Kier molecular flexibility index (Phi) is 27.9. The van der Waals surface area contributed by atoms with Gasteiger partial charge in [0.15, 0.2) is 5.71 Å². The maximum Gasteiger partial charge on any atom is 0.425 e. The van der Waals surface area contributed by atoms with Crippen LogP contribution in [0.2, 0.25) is 0 Å². The van der Waals surface area contributed by atoms with E-state index < -0.39 is 38.0 Å². The zero-order chi connectivity index (χ0) is 74.3. The molecule has 0 saturated carbocycles. The number of rotatable bonds is 32. The van der Waals surface area contributed by atoms with Crippen LogP contribution in [0.4, 0.5) is 23.0 Å². The van der Waals surface area contributed by atoms with Crippen LogP contribution in [0.1, 0.15) is 130 Å². The molecule has 0 radical (unpaired) electrons. The summed E-state index contributed by atoms with van der Waals surface area (Å²) in [5.74, 6) is 0.887. The number of unbranched alkanes of at least 4 members (excludes halogenated alkanes) is 3. The molecule has 2 aromatic heterocycles. The number of hydrogen-bond acceptors (Lipinski definition) is 20. The molecule has 540 valence electrons. The van der Waals surface area contributed by atoms with Crippen LogP contribution in [-0.4, -0.2) is 129 Å². The van der Waals surface area contributed by atoms with Gasteiger partial charge in [-0.2, -0.15) is 13.0 Å². The highest BCUT2D eigenvalue weighted by molar-refractivity contribution is 7.88. The lowest BCUT2D eigenvalue weighted by molar-refractivity contribution is -0.437. The van der Waals surface area contributed by atoms with Crippen LogP contribution in [0.3, 0.4) is 0 Å². The minimum atomic E-state index is -4.34. The molecule has 3 amide bonds. The van der Waals surface area contributed by atoms with Gasteiger partial charge in [-0.1, -0.05) is 99.2 Å². The van der Waals surface area contributed by atoms with Crippen molar-refractivity contribution in [2.45, 2.75) is 115 Å².